The van der Waals surface area contributed by atoms with E-state index in [0.29, 0.717) is 55.8 Å². The predicted molar refractivity (Wildman–Crippen MR) is 111 cm³/mol. The number of hydrogen-bond donors (Lipinski definition) is 1. The summed E-state index contributed by atoms with van der Waals surface area (Å²) in [4.78, 5) is 36.1. The molecule has 30 heavy (non-hydrogen) atoms. The first-order valence-corrected chi connectivity index (χ1v) is 9.99. The number of benzene rings is 1. The van der Waals surface area contributed by atoms with Gasteiger partial charge < -0.3 is 19.9 Å². The van der Waals surface area contributed by atoms with Crippen LogP contribution in [0.1, 0.15) is 23.2 Å². The number of nitrogens with one attached hydrogen (secondary N) is 1. The molecule has 0 bridgehead atoms. The van der Waals surface area contributed by atoms with Gasteiger partial charge in [0.05, 0.1) is 12.0 Å². The molecule has 1 saturated carbocycles. The summed E-state index contributed by atoms with van der Waals surface area (Å²) in [6.07, 6.45) is 3.81. The molecule has 1 aromatic carbocycles. The quantitative estimate of drug-likeness (QED) is 0.541. The smallest absolute Gasteiger partial charge is 0.292 e. The fraction of sp³-hybridized carbons (Fsp3) is 0.450. The fourth-order valence-corrected chi connectivity index (χ4v) is 3.51. The Kier molecular flexibility index (Phi) is 5.64. The van der Waals surface area contributed by atoms with Crippen LogP contribution in [0.4, 0.5) is 17.3 Å². The van der Waals surface area contributed by atoms with Crippen molar-refractivity contribution >= 4 is 23.2 Å². The first-order chi connectivity index (χ1) is 14.6. The van der Waals surface area contributed by atoms with Crippen LogP contribution in [0, 0.1) is 16.0 Å². The maximum absolute atomic E-state index is 12.4. The zero-order chi connectivity index (χ0) is 21.1. The van der Waals surface area contributed by atoms with Crippen LogP contribution in [0.3, 0.4) is 0 Å². The Morgan fingerprint density at radius 3 is 2.60 bits per heavy atom. The minimum Gasteiger partial charge on any atom is -0.480 e. The summed E-state index contributed by atoms with van der Waals surface area (Å²) in [5, 5.41) is 14.2. The summed E-state index contributed by atoms with van der Waals surface area (Å²) >= 11 is 0. The number of piperazine rings is 1. The third-order valence-corrected chi connectivity index (χ3v) is 5.41. The normalized spacial score (nSPS) is 16.3. The second kappa shape index (κ2) is 8.52. The van der Waals surface area contributed by atoms with Crippen LogP contribution >= 0.6 is 0 Å². The molecule has 1 aromatic heterocycles. The Hall–Kier alpha value is -3.43. The van der Waals surface area contributed by atoms with E-state index in [1.807, 2.05) is 9.80 Å². The number of ether oxygens (including phenoxy) is 1. The van der Waals surface area contributed by atoms with Crippen LogP contribution < -0.4 is 19.9 Å². The van der Waals surface area contributed by atoms with Crippen molar-refractivity contribution in [3.8, 4) is 5.88 Å². The fourth-order valence-electron chi connectivity index (χ4n) is 3.51. The van der Waals surface area contributed by atoms with Gasteiger partial charge in [0, 0.05) is 45.0 Å². The molecular weight excluding hydrogens is 388 g/mol. The molecule has 2 aliphatic rings. The van der Waals surface area contributed by atoms with E-state index in [1.54, 1.807) is 18.2 Å². The van der Waals surface area contributed by atoms with E-state index >= 15 is 0 Å². The Morgan fingerprint density at radius 2 is 1.93 bits per heavy atom. The predicted octanol–water partition coefficient (Wildman–Crippen LogP) is 1.86. The number of hydrogen-bond acceptors (Lipinski definition) is 8. The topological polar surface area (TPSA) is 114 Å². The van der Waals surface area contributed by atoms with E-state index in [1.165, 1.54) is 19.4 Å². The van der Waals surface area contributed by atoms with Gasteiger partial charge in [0.1, 0.15) is 11.3 Å². The highest BCUT2D eigenvalue weighted by Gasteiger charge is 2.26. The van der Waals surface area contributed by atoms with Gasteiger partial charge in [-0.2, -0.15) is 4.98 Å². The van der Waals surface area contributed by atoms with Crippen molar-refractivity contribution in [2.24, 2.45) is 5.92 Å². The summed E-state index contributed by atoms with van der Waals surface area (Å²) < 4.78 is 5.33. The minimum atomic E-state index is -0.358. The lowest BCUT2D eigenvalue weighted by Gasteiger charge is -2.35. The molecule has 0 unspecified atom stereocenters. The minimum absolute atomic E-state index is 0.102. The van der Waals surface area contributed by atoms with Crippen molar-refractivity contribution in [1.29, 1.82) is 0 Å². The molecule has 10 heteroatoms. The zero-order valence-corrected chi connectivity index (χ0v) is 16.8. The van der Waals surface area contributed by atoms with E-state index in [4.69, 9.17) is 4.74 Å². The van der Waals surface area contributed by atoms with E-state index < -0.39 is 0 Å². The summed E-state index contributed by atoms with van der Waals surface area (Å²) in [5.74, 6) is 1.07. The molecule has 158 valence electrons. The number of methoxy groups -OCH3 is 1. The first-order valence-electron chi connectivity index (χ1n) is 9.99. The molecule has 1 aliphatic carbocycles. The van der Waals surface area contributed by atoms with Crippen molar-refractivity contribution in [2.45, 2.75) is 12.8 Å². The van der Waals surface area contributed by atoms with E-state index in [-0.39, 0.29) is 22.4 Å². The molecule has 0 spiro atoms. The Balaban J connectivity index is 1.43. The SMILES string of the molecule is COc1nc(N2CCN(c3ccccc3[N+](=O)[O-])CC2)ncc1C(=O)NCC1CC1. The molecule has 1 amide bonds. The molecule has 2 heterocycles. The summed E-state index contributed by atoms with van der Waals surface area (Å²) in [5.41, 5.74) is 1.04. The van der Waals surface area contributed by atoms with Crippen molar-refractivity contribution in [2.75, 3.05) is 49.6 Å². The van der Waals surface area contributed by atoms with Crippen LogP contribution in [0.15, 0.2) is 30.5 Å². The molecule has 2 fully saturated rings. The number of carbonyl (C=O) groups is 1. The lowest BCUT2D eigenvalue weighted by atomic mass is 10.2. The number of carbonyl (C=O) groups excluding carboxylic acids is 1. The van der Waals surface area contributed by atoms with Crippen molar-refractivity contribution in [3.05, 3.63) is 46.1 Å². The van der Waals surface area contributed by atoms with Gasteiger partial charge in [-0.05, 0) is 24.8 Å². The highest BCUT2D eigenvalue weighted by atomic mass is 16.6. The molecular formula is C20H24N6O4. The summed E-state index contributed by atoms with van der Waals surface area (Å²) in [6.45, 7) is 3.06. The zero-order valence-electron chi connectivity index (χ0n) is 16.8. The maximum atomic E-state index is 12.4. The number of nitrogens with zero attached hydrogens (tertiary/aromatic N) is 5. The number of amides is 1. The lowest BCUT2D eigenvalue weighted by Crippen LogP contribution is -2.47. The van der Waals surface area contributed by atoms with Gasteiger partial charge in [0.15, 0.2) is 0 Å². The van der Waals surface area contributed by atoms with E-state index in [0.717, 1.165) is 12.8 Å². The molecule has 10 nitrogen and oxygen atoms in total. The number of anilines is 2. The molecule has 1 saturated heterocycles. The van der Waals surface area contributed by atoms with Crippen molar-refractivity contribution in [3.63, 3.8) is 0 Å². The molecule has 1 N–H and O–H groups in total. The van der Waals surface area contributed by atoms with E-state index in [9.17, 15) is 14.9 Å². The van der Waals surface area contributed by atoms with Gasteiger partial charge in [0.25, 0.3) is 11.6 Å². The third kappa shape index (κ3) is 4.27. The summed E-state index contributed by atoms with van der Waals surface area (Å²) in [7, 11) is 1.48. The number of para-hydroxylation sites is 2. The van der Waals surface area contributed by atoms with Crippen molar-refractivity contribution in [1.82, 2.24) is 15.3 Å². The van der Waals surface area contributed by atoms with Crippen LogP contribution in [0.2, 0.25) is 0 Å². The van der Waals surface area contributed by atoms with Crippen LogP contribution in [0.25, 0.3) is 0 Å². The highest BCUT2D eigenvalue weighted by Crippen LogP contribution is 2.29. The Labute approximate surface area is 174 Å². The van der Waals surface area contributed by atoms with Crippen LogP contribution in [-0.4, -0.2) is 60.6 Å². The highest BCUT2D eigenvalue weighted by molar-refractivity contribution is 5.96. The summed E-state index contributed by atoms with van der Waals surface area (Å²) in [6, 6.07) is 6.75. The number of rotatable bonds is 7. The number of nitro groups is 1. The van der Waals surface area contributed by atoms with Gasteiger partial charge in [-0.1, -0.05) is 12.1 Å². The maximum Gasteiger partial charge on any atom is 0.292 e. The Morgan fingerprint density at radius 1 is 1.23 bits per heavy atom. The standard InChI is InChI=1S/C20H24N6O4/c1-30-19-15(18(27)21-12-14-6-7-14)13-22-20(23-19)25-10-8-24(9-11-25)16-4-2-3-5-17(16)26(28)29/h2-5,13-14H,6-12H2,1H3,(H,21,27). The van der Waals surface area contributed by atoms with E-state index in [2.05, 4.69) is 15.3 Å². The largest absolute Gasteiger partial charge is 0.480 e. The lowest BCUT2D eigenvalue weighted by molar-refractivity contribution is -0.384. The molecule has 1 aliphatic heterocycles. The van der Waals surface area contributed by atoms with Gasteiger partial charge in [-0.15, -0.1) is 0 Å². The third-order valence-electron chi connectivity index (χ3n) is 5.41. The number of aromatic nitrogens is 2. The molecule has 0 atom stereocenters. The Bertz CT molecular complexity index is 941. The molecule has 2 aromatic rings. The van der Waals surface area contributed by atoms with Gasteiger partial charge in [0.2, 0.25) is 11.8 Å². The van der Waals surface area contributed by atoms with Gasteiger partial charge >= 0.3 is 0 Å². The molecule has 0 radical (unpaired) electrons. The number of nitro benzene ring substituents is 1. The average molecular weight is 412 g/mol. The van der Waals surface area contributed by atoms with Gasteiger partial charge in [-0.25, -0.2) is 4.98 Å². The second-order valence-electron chi connectivity index (χ2n) is 7.47. The monoisotopic (exact) mass is 412 g/mol. The first kappa shape index (κ1) is 19.9. The van der Waals surface area contributed by atoms with Crippen LogP contribution in [-0.2, 0) is 0 Å². The molecule has 4 rings (SSSR count). The van der Waals surface area contributed by atoms with Crippen molar-refractivity contribution < 1.29 is 14.5 Å². The van der Waals surface area contributed by atoms with Crippen LogP contribution in [0.5, 0.6) is 5.88 Å². The second-order valence-corrected chi connectivity index (χ2v) is 7.47. The average Bonchev–Trinajstić information content (AvgIpc) is 3.61. The van der Waals surface area contributed by atoms with Gasteiger partial charge in [-0.3, -0.25) is 14.9 Å².